The zero-order valence-corrected chi connectivity index (χ0v) is 16.4. The third-order valence-electron chi connectivity index (χ3n) is 5.53. The molecule has 3 N–H and O–H groups in total. The smallest absolute Gasteiger partial charge is 0.238 e. The van der Waals surface area contributed by atoms with Gasteiger partial charge in [0.25, 0.3) is 0 Å². The van der Waals surface area contributed by atoms with Gasteiger partial charge >= 0.3 is 0 Å². The van der Waals surface area contributed by atoms with Crippen molar-refractivity contribution in [1.82, 2.24) is 16.2 Å². The van der Waals surface area contributed by atoms with Gasteiger partial charge in [-0.25, -0.2) is 10.9 Å². The maximum Gasteiger partial charge on any atom is 0.238 e. The second kappa shape index (κ2) is 8.13. The fourth-order valence-corrected chi connectivity index (χ4v) is 3.82. The molecule has 0 radical (unpaired) electrons. The SMILES string of the molecule is CC(C)c1ccc(CNC(=O)C2CC(c3cccc4ccccc34)NN2)cc1. The van der Waals surface area contributed by atoms with Crippen molar-refractivity contribution in [2.45, 2.75) is 44.8 Å². The van der Waals surface area contributed by atoms with Crippen LogP contribution in [0.2, 0.25) is 0 Å². The van der Waals surface area contributed by atoms with E-state index in [1.165, 1.54) is 21.9 Å². The van der Waals surface area contributed by atoms with Crippen LogP contribution in [0, 0.1) is 0 Å². The van der Waals surface area contributed by atoms with Crippen molar-refractivity contribution in [2.24, 2.45) is 0 Å². The molecule has 144 valence electrons. The van der Waals surface area contributed by atoms with Gasteiger partial charge in [0.2, 0.25) is 5.91 Å². The average Bonchev–Trinajstić information content (AvgIpc) is 3.22. The molecule has 1 amide bonds. The zero-order valence-electron chi connectivity index (χ0n) is 16.4. The number of carbonyl (C=O) groups excluding carboxylic acids is 1. The minimum absolute atomic E-state index is 0.0307. The van der Waals surface area contributed by atoms with E-state index < -0.39 is 0 Å². The van der Waals surface area contributed by atoms with Gasteiger partial charge in [-0.15, -0.1) is 0 Å². The van der Waals surface area contributed by atoms with Crippen molar-refractivity contribution in [1.29, 1.82) is 0 Å². The molecule has 1 aliphatic heterocycles. The third kappa shape index (κ3) is 3.93. The summed E-state index contributed by atoms with van der Waals surface area (Å²) < 4.78 is 0. The first-order valence-corrected chi connectivity index (χ1v) is 9.97. The first kappa shape index (κ1) is 18.7. The van der Waals surface area contributed by atoms with Crippen molar-refractivity contribution >= 4 is 16.7 Å². The molecule has 0 saturated carbocycles. The van der Waals surface area contributed by atoms with Gasteiger partial charge in [-0.1, -0.05) is 80.6 Å². The van der Waals surface area contributed by atoms with Crippen LogP contribution in [0.5, 0.6) is 0 Å². The van der Waals surface area contributed by atoms with E-state index >= 15 is 0 Å². The van der Waals surface area contributed by atoms with E-state index in [2.05, 4.69) is 96.7 Å². The number of carbonyl (C=O) groups is 1. The Hall–Kier alpha value is -2.69. The van der Waals surface area contributed by atoms with Gasteiger partial charge in [-0.05, 0) is 39.8 Å². The molecule has 4 heteroatoms. The normalized spacial score (nSPS) is 19.2. The lowest BCUT2D eigenvalue weighted by atomic mass is 9.96. The molecule has 0 bridgehead atoms. The van der Waals surface area contributed by atoms with Crippen LogP contribution in [-0.4, -0.2) is 11.9 Å². The summed E-state index contributed by atoms with van der Waals surface area (Å²) in [6.45, 7) is 4.91. The quantitative estimate of drug-likeness (QED) is 0.629. The highest BCUT2D eigenvalue weighted by Gasteiger charge is 2.30. The van der Waals surface area contributed by atoms with E-state index in [1.807, 2.05) is 0 Å². The van der Waals surface area contributed by atoms with Crippen molar-refractivity contribution in [2.75, 3.05) is 0 Å². The molecule has 1 aliphatic rings. The summed E-state index contributed by atoms with van der Waals surface area (Å²) in [5.41, 5.74) is 10.1. The van der Waals surface area contributed by atoms with Gasteiger partial charge in [0, 0.05) is 12.6 Å². The minimum Gasteiger partial charge on any atom is -0.351 e. The molecule has 1 heterocycles. The van der Waals surface area contributed by atoms with Crippen LogP contribution in [-0.2, 0) is 11.3 Å². The molecular weight excluding hydrogens is 346 g/mol. The van der Waals surface area contributed by atoms with Gasteiger partial charge in [0.05, 0.1) is 0 Å². The van der Waals surface area contributed by atoms with Gasteiger partial charge in [0.1, 0.15) is 6.04 Å². The number of hydrogen-bond donors (Lipinski definition) is 3. The molecule has 0 aromatic heterocycles. The lowest BCUT2D eigenvalue weighted by Gasteiger charge is -2.13. The van der Waals surface area contributed by atoms with Gasteiger partial charge < -0.3 is 5.32 Å². The summed E-state index contributed by atoms with van der Waals surface area (Å²) in [6.07, 6.45) is 0.728. The number of benzene rings is 3. The maximum atomic E-state index is 12.6. The van der Waals surface area contributed by atoms with E-state index in [9.17, 15) is 4.79 Å². The number of amides is 1. The average molecular weight is 374 g/mol. The van der Waals surface area contributed by atoms with E-state index in [-0.39, 0.29) is 18.0 Å². The predicted molar refractivity (Wildman–Crippen MR) is 114 cm³/mol. The zero-order chi connectivity index (χ0) is 19.5. The fourth-order valence-electron chi connectivity index (χ4n) is 3.82. The van der Waals surface area contributed by atoms with Gasteiger partial charge in [-0.3, -0.25) is 4.79 Å². The Morgan fingerprint density at radius 1 is 1.00 bits per heavy atom. The van der Waals surface area contributed by atoms with E-state index in [0.29, 0.717) is 12.5 Å². The Labute approximate surface area is 166 Å². The van der Waals surface area contributed by atoms with Gasteiger partial charge in [-0.2, -0.15) is 0 Å². The Morgan fingerprint density at radius 3 is 2.54 bits per heavy atom. The summed E-state index contributed by atoms with van der Waals surface area (Å²) in [5.74, 6) is 0.548. The number of fused-ring (bicyclic) bond motifs is 1. The monoisotopic (exact) mass is 373 g/mol. The Kier molecular flexibility index (Phi) is 5.42. The summed E-state index contributed by atoms with van der Waals surface area (Å²) in [6, 6.07) is 23.0. The van der Waals surface area contributed by atoms with E-state index in [4.69, 9.17) is 0 Å². The van der Waals surface area contributed by atoms with Crippen molar-refractivity contribution in [3.05, 3.63) is 83.4 Å². The lowest BCUT2D eigenvalue weighted by molar-refractivity contribution is -0.123. The summed E-state index contributed by atoms with van der Waals surface area (Å²) >= 11 is 0. The largest absolute Gasteiger partial charge is 0.351 e. The third-order valence-corrected chi connectivity index (χ3v) is 5.53. The Balaban J connectivity index is 1.37. The number of hydrazine groups is 1. The van der Waals surface area contributed by atoms with Crippen molar-refractivity contribution < 1.29 is 4.79 Å². The Morgan fingerprint density at radius 2 is 1.75 bits per heavy atom. The molecule has 1 saturated heterocycles. The fraction of sp³-hybridized carbons (Fsp3) is 0.292. The Bertz CT molecular complexity index is 960. The first-order valence-electron chi connectivity index (χ1n) is 9.97. The summed E-state index contributed by atoms with van der Waals surface area (Å²) in [4.78, 5) is 12.6. The van der Waals surface area contributed by atoms with E-state index in [1.54, 1.807) is 0 Å². The molecule has 0 spiro atoms. The molecule has 0 aliphatic carbocycles. The standard InChI is InChI=1S/C24H27N3O/c1-16(2)18-12-10-17(11-13-18)15-25-24(28)23-14-22(26-27-23)21-9-5-7-19-6-3-4-8-20(19)21/h3-13,16,22-23,26-27H,14-15H2,1-2H3,(H,25,28). The van der Waals surface area contributed by atoms with Crippen LogP contribution >= 0.6 is 0 Å². The maximum absolute atomic E-state index is 12.6. The predicted octanol–water partition coefficient (Wildman–Crippen LogP) is 4.19. The highest BCUT2D eigenvalue weighted by atomic mass is 16.2. The molecule has 3 aromatic rings. The number of rotatable bonds is 5. The topological polar surface area (TPSA) is 53.2 Å². The molecule has 3 aromatic carbocycles. The second-order valence-electron chi connectivity index (χ2n) is 7.81. The number of hydrogen-bond acceptors (Lipinski definition) is 3. The molecule has 28 heavy (non-hydrogen) atoms. The molecule has 1 fully saturated rings. The van der Waals surface area contributed by atoms with E-state index in [0.717, 1.165) is 12.0 Å². The minimum atomic E-state index is -0.237. The van der Waals surface area contributed by atoms with Crippen molar-refractivity contribution in [3.63, 3.8) is 0 Å². The van der Waals surface area contributed by atoms with Crippen LogP contribution in [0.15, 0.2) is 66.7 Å². The second-order valence-corrected chi connectivity index (χ2v) is 7.81. The highest BCUT2D eigenvalue weighted by Crippen LogP contribution is 2.29. The molecule has 2 unspecified atom stereocenters. The molecule has 4 nitrogen and oxygen atoms in total. The van der Waals surface area contributed by atoms with Crippen LogP contribution in [0.25, 0.3) is 10.8 Å². The number of nitrogens with one attached hydrogen (secondary N) is 3. The molecular formula is C24H27N3O. The lowest BCUT2D eigenvalue weighted by Crippen LogP contribution is -2.42. The van der Waals surface area contributed by atoms with Gasteiger partial charge in [0.15, 0.2) is 0 Å². The summed E-state index contributed by atoms with van der Waals surface area (Å²) in [5, 5.41) is 5.51. The van der Waals surface area contributed by atoms with Crippen LogP contribution < -0.4 is 16.2 Å². The first-order chi connectivity index (χ1) is 13.6. The molecule has 2 atom stereocenters. The summed E-state index contributed by atoms with van der Waals surface area (Å²) in [7, 11) is 0. The molecule has 4 rings (SSSR count). The van der Waals surface area contributed by atoms with Crippen molar-refractivity contribution in [3.8, 4) is 0 Å². The van der Waals surface area contributed by atoms with Crippen LogP contribution in [0.4, 0.5) is 0 Å². The van der Waals surface area contributed by atoms with Crippen LogP contribution in [0.3, 0.4) is 0 Å². The highest BCUT2D eigenvalue weighted by molar-refractivity contribution is 5.86. The van der Waals surface area contributed by atoms with Crippen LogP contribution in [0.1, 0.15) is 48.9 Å².